The van der Waals surface area contributed by atoms with Gasteiger partial charge in [-0.2, -0.15) is 0 Å². The second-order valence-corrected chi connectivity index (χ2v) is 9.71. The van der Waals surface area contributed by atoms with Crippen molar-refractivity contribution in [1.29, 1.82) is 0 Å². The molecule has 2 aromatic carbocycles. The van der Waals surface area contributed by atoms with Crippen molar-refractivity contribution in [3.63, 3.8) is 0 Å². The van der Waals surface area contributed by atoms with Crippen molar-refractivity contribution in [2.24, 2.45) is 4.99 Å². The summed E-state index contributed by atoms with van der Waals surface area (Å²) in [6, 6.07) is 11.6. The highest BCUT2D eigenvalue weighted by molar-refractivity contribution is 7.07. The molecule has 0 saturated carbocycles. The van der Waals surface area contributed by atoms with Gasteiger partial charge < -0.3 is 19.5 Å². The third-order valence-electron chi connectivity index (χ3n) is 6.33. The highest BCUT2D eigenvalue weighted by Crippen LogP contribution is 2.37. The van der Waals surface area contributed by atoms with Crippen LogP contribution in [0.25, 0.3) is 5.57 Å². The summed E-state index contributed by atoms with van der Waals surface area (Å²) < 4.78 is 18.7. The number of carbonyl (C=O) groups excluding carboxylic acids is 2. The topological polar surface area (TPSA) is 108 Å². The number of rotatable bonds is 8. The molecule has 0 aliphatic carbocycles. The van der Waals surface area contributed by atoms with Crippen LogP contribution in [-0.4, -0.2) is 36.3 Å². The number of nitrogens with zero attached hydrogens (tertiary/aromatic N) is 2. The lowest BCUT2D eigenvalue weighted by molar-refractivity contribution is -0.139. The fourth-order valence-corrected chi connectivity index (χ4v) is 5.87. The Morgan fingerprint density at radius 3 is 2.67 bits per heavy atom. The summed E-state index contributed by atoms with van der Waals surface area (Å²) in [6.45, 7) is 9.80. The first-order chi connectivity index (χ1) is 18.9. The van der Waals surface area contributed by atoms with E-state index in [9.17, 15) is 14.4 Å². The third-order valence-corrected chi connectivity index (χ3v) is 7.38. The smallest absolute Gasteiger partial charge is 0.338 e. The fourth-order valence-electron chi connectivity index (χ4n) is 4.73. The van der Waals surface area contributed by atoms with E-state index < -0.39 is 17.6 Å². The van der Waals surface area contributed by atoms with Crippen LogP contribution in [0.15, 0.2) is 76.2 Å². The van der Waals surface area contributed by atoms with Crippen molar-refractivity contribution in [2.45, 2.75) is 26.8 Å². The summed E-state index contributed by atoms with van der Waals surface area (Å²) >= 11 is 1.12. The van der Waals surface area contributed by atoms with Crippen LogP contribution in [-0.2, 0) is 14.3 Å². The van der Waals surface area contributed by atoms with Gasteiger partial charge in [0, 0.05) is 11.3 Å². The van der Waals surface area contributed by atoms with E-state index in [0.717, 1.165) is 11.3 Å². The standard InChI is InChI=1S/C29H27N3O6S/c1-5-14-38-20-13-12-17(15-21(20)36-6-2)24-22(28(35)37-7-3)16(4)30-29-32(24)27(34)25(39-29)23-18-10-8-9-11-19(18)31-26(23)33/h5,8-13,15,24H,1,6-7,14H2,2-4H3,(H,31,33)/b25-23+. The Labute approximate surface area is 228 Å². The predicted octanol–water partition coefficient (Wildman–Crippen LogP) is 3.08. The number of anilines is 1. The number of amides is 1. The normalized spacial score (nSPS) is 17.1. The summed E-state index contributed by atoms with van der Waals surface area (Å²) in [7, 11) is 0. The molecule has 1 N–H and O–H groups in total. The predicted molar refractivity (Wildman–Crippen MR) is 148 cm³/mol. The van der Waals surface area contributed by atoms with Crippen molar-refractivity contribution < 1.29 is 23.8 Å². The number of allylic oxidation sites excluding steroid dienone is 1. The average Bonchev–Trinajstić information content (AvgIpc) is 3.42. The zero-order chi connectivity index (χ0) is 27.7. The van der Waals surface area contributed by atoms with E-state index in [0.29, 0.717) is 45.4 Å². The summed E-state index contributed by atoms with van der Waals surface area (Å²) in [5, 5.41) is 2.82. The zero-order valence-electron chi connectivity index (χ0n) is 21.8. The Morgan fingerprint density at radius 2 is 1.92 bits per heavy atom. The van der Waals surface area contributed by atoms with Gasteiger partial charge in [0.1, 0.15) is 11.1 Å². The van der Waals surface area contributed by atoms with Crippen molar-refractivity contribution in [3.8, 4) is 11.5 Å². The summed E-state index contributed by atoms with van der Waals surface area (Å²) in [4.78, 5) is 45.2. The molecule has 0 fully saturated rings. The van der Waals surface area contributed by atoms with Crippen LogP contribution < -0.4 is 29.7 Å². The molecule has 1 unspecified atom stereocenters. The van der Waals surface area contributed by atoms with Gasteiger partial charge in [-0.3, -0.25) is 14.2 Å². The van der Waals surface area contributed by atoms with Gasteiger partial charge in [0.15, 0.2) is 16.3 Å². The number of benzene rings is 2. The Kier molecular flexibility index (Phi) is 7.21. The monoisotopic (exact) mass is 545 g/mol. The van der Waals surface area contributed by atoms with E-state index in [4.69, 9.17) is 14.2 Å². The number of ether oxygens (including phenoxy) is 3. The lowest BCUT2D eigenvalue weighted by Gasteiger charge is -2.25. The van der Waals surface area contributed by atoms with E-state index in [1.54, 1.807) is 50.3 Å². The number of hydrogen-bond donors (Lipinski definition) is 1. The number of carbonyl (C=O) groups is 2. The van der Waals surface area contributed by atoms with E-state index in [1.165, 1.54) is 4.57 Å². The first-order valence-electron chi connectivity index (χ1n) is 12.5. The number of fused-ring (bicyclic) bond motifs is 2. The molecule has 1 atom stereocenters. The van der Waals surface area contributed by atoms with Crippen LogP contribution in [0.2, 0.25) is 0 Å². The van der Waals surface area contributed by atoms with Gasteiger partial charge in [-0.1, -0.05) is 48.3 Å². The van der Waals surface area contributed by atoms with Crippen LogP contribution >= 0.6 is 11.3 Å². The molecule has 0 bridgehead atoms. The number of hydrogen-bond acceptors (Lipinski definition) is 8. The highest BCUT2D eigenvalue weighted by Gasteiger charge is 2.35. The number of para-hydroxylation sites is 1. The minimum Gasteiger partial charge on any atom is -0.490 e. The maximum atomic E-state index is 14.1. The van der Waals surface area contributed by atoms with Crippen molar-refractivity contribution in [3.05, 3.63) is 97.2 Å². The minimum atomic E-state index is -0.859. The minimum absolute atomic E-state index is 0.159. The average molecular weight is 546 g/mol. The summed E-state index contributed by atoms with van der Waals surface area (Å²) in [5.41, 5.74) is 2.42. The molecular formula is C29H27N3O6S. The first kappa shape index (κ1) is 26.2. The Balaban J connectivity index is 1.77. The Hall–Kier alpha value is -4.44. The Morgan fingerprint density at radius 1 is 1.13 bits per heavy atom. The van der Waals surface area contributed by atoms with Crippen molar-refractivity contribution in [1.82, 2.24) is 4.57 Å². The van der Waals surface area contributed by atoms with E-state index >= 15 is 0 Å². The molecule has 0 radical (unpaired) electrons. The van der Waals surface area contributed by atoms with Crippen molar-refractivity contribution in [2.75, 3.05) is 25.1 Å². The molecule has 5 rings (SSSR count). The van der Waals surface area contributed by atoms with Gasteiger partial charge >= 0.3 is 5.97 Å². The highest BCUT2D eigenvalue weighted by atomic mass is 32.1. The largest absolute Gasteiger partial charge is 0.490 e. The molecule has 9 nitrogen and oxygen atoms in total. The maximum Gasteiger partial charge on any atom is 0.338 e. The molecule has 39 heavy (non-hydrogen) atoms. The molecule has 2 aliphatic rings. The second kappa shape index (κ2) is 10.7. The molecular weight excluding hydrogens is 518 g/mol. The van der Waals surface area contributed by atoms with Gasteiger partial charge in [-0.15, -0.1) is 0 Å². The lowest BCUT2D eigenvalue weighted by Crippen LogP contribution is -2.40. The number of aromatic nitrogens is 1. The van der Waals surface area contributed by atoms with Crippen LogP contribution in [0.4, 0.5) is 5.69 Å². The number of nitrogens with one attached hydrogen (secondary N) is 1. The van der Waals surface area contributed by atoms with E-state index in [1.807, 2.05) is 19.1 Å². The maximum absolute atomic E-state index is 14.1. The van der Waals surface area contributed by atoms with Crippen LogP contribution in [0.3, 0.4) is 0 Å². The molecule has 1 amide bonds. The van der Waals surface area contributed by atoms with Crippen LogP contribution in [0, 0.1) is 0 Å². The Bertz CT molecular complexity index is 1720. The molecule has 200 valence electrons. The van der Waals surface area contributed by atoms with Crippen LogP contribution in [0.1, 0.15) is 37.9 Å². The summed E-state index contributed by atoms with van der Waals surface area (Å²) in [6.07, 6.45) is 1.63. The lowest BCUT2D eigenvalue weighted by atomic mass is 9.95. The number of esters is 1. The molecule has 3 aromatic rings. The fraction of sp³-hybridized carbons (Fsp3) is 0.241. The van der Waals surface area contributed by atoms with E-state index in [2.05, 4.69) is 16.9 Å². The van der Waals surface area contributed by atoms with Gasteiger partial charge in [-0.25, -0.2) is 9.79 Å². The van der Waals surface area contributed by atoms with Gasteiger partial charge in [0.2, 0.25) is 0 Å². The molecule has 0 spiro atoms. The van der Waals surface area contributed by atoms with Gasteiger partial charge in [0.25, 0.3) is 11.5 Å². The molecule has 1 aromatic heterocycles. The van der Waals surface area contributed by atoms with Crippen LogP contribution in [0.5, 0.6) is 11.5 Å². The summed E-state index contributed by atoms with van der Waals surface area (Å²) in [5.74, 6) is 0.0359. The molecule has 2 aliphatic heterocycles. The molecule has 10 heteroatoms. The van der Waals surface area contributed by atoms with Crippen molar-refractivity contribution >= 4 is 34.5 Å². The van der Waals surface area contributed by atoms with Gasteiger partial charge in [0.05, 0.1) is 36.1 Å². The second-order valence-electron chi connectivity index (χ2n) is 8.74. The quantitative estimate of drug-likeness (QED) is 0.344. The first-order valence-corrected chi connectivity index (χ1v) is 13.3. The number of thiazole rings is 1. The molecule has 0 saturated heterocycles. The van der Waals surface area contributed by atoms with E-state index in [-0.39, 0.29) is 34.8 Å². The SMILES string of the molecule is C=CCOc1ccc(C2C(C(=O)OCC)=C(C)N=c3s/c(=C4/C(=O)Nc5ccccc54)c(=O)n32)cc1OCC. The zero-order valence-corrected chi connectivity index (χ0v) is 22.6. The molecule has 3 heterocycles. The third kappa shape index (κ3) is 4.57. The van der Waals surface area contributed by atoms with Gasteiger partial charge in [-0.05, 0) is 44.5 Å².